The lowest BCUT2D eigenvalue weighted by molar-refractivity contribution is -0.113. The van der Waals surface area contributed by atoms with Crippen LogP contribution in [0.4, 0.5) is 5.69 Å². The van der Waals surface area contributed by atoms with Crippen molar-refractivity contribution in [3.05, 3.63) is 71.3 Å². The molecule has 0 aliphatic rings. The lowest BCUT2D eigenvalue weighted by Gasteiger charge is -2.19. The number of aromatic nitrogens is 3. The van der Waals surface area contributed by atoms with Crippen molar-refractivity contribution in [3.63, 3.8) is 0 Å². The van der Waals surface area contributed by atoms with Crippen molar-refractivity contribution in [3.8, 4) is 11.4 Å². The van der Waals surface area contributed by atoms with E-state index in [1.54, 1.807) is 12.1 Å². The molecule has 0 spiro atoms. The summed E-state index contributed by atoms with van der Waals surface area (Å²) in [5.74, 6) is 0.845. The molecule has 0 aliphatic carbocycles. The van der Waals surface area contributed by atoms with E-state index in [0.717, 1.165) is 17.0 Å². The van der Waals surface area contributed by atoms with Gasteiger partial charge in [-0.1, -0.05) is 80.5 Å². The zero-order valence-electron chi connectivity index (χ0n) is 18.3. The van der Waals surface area contributed by atoms with Gasteiger partial charge in [0, 0.05) is 22.8 Å². The Bertz CT molecular complexity index is 1080. The van der Waals surface area contributed by atoms with Gasteiger partial charge in [-0.3, -0.25) is 9.36 Å². The van der Waals surface area contributed by atoms with E-state index >= 15 is 0 Å². The molecule has 31 heavy (non-hydrogen) atoms. The minimum Gasteiger partial charge on any atom is -0.325 e. The first-order valence-corrected chi connectivity index (χ1v) is 11.4. The van der Waals surface area contributed by atoms with Crippen LogP contribution < -0.4 is 5.32 Å². The zero-order chi connectivity index (χ0) is 22.6. The molecule has 1 aromatic heterocycles. The van der Waals surface area contributed by atoms with Crippen molar-refractivity contribution in [2.45, 2.75) is 44.8 Å². The third kappa shape index (κ3) is 5.57. The van der Waals surface area contributed by atoms with Crippen molar-refractivity contribution in [1.29, 1.82) is 0 Å². The maximum absolute atomic E-state index is 12.5. The number of benzene rings is 2. The number of carbonyl (C=O) groups is 1. The third-order valence-electron chi connectivity index (χ3n) is 4.91. The Morgan fingerprint density at radius 3 is 2.55 bits per heavy atom. The Hall–Kier alpha value is -2.57. The molecule has 0 saturated carbocycles. The van der Waals surface area contributed by atoms with Crippen molar-refractivity contribution < 1.29 is 4.79 Å². The molecule has 1 heterocycles. The van der Waals surface area contributed by atoms with Gasteiger partial charge in [-0.25, -0.2) is 0 Å². The van der Waals surface area contributed by atoms with Gasteiger partial charge in [0.25, 0.3) is 0 Å². The van der Waals surface area contributed by atoms with Gasteiger partial charge < -0.3 is 5.32 Å². The summed E-state index contributed by atoms with van der Waals surface area (Å²) in [6, 6.07) is 13.8. The van der Waals surface area contributed by atoms with E-state index in [4.69, 9.17) is 11.6 Å². The van der Waals surface area contributed by atoms with Gasteiger partial charge >= 0.3 is 0 Å². The second kappa shape index (κ2) is 9.71. The molecule has 0 saturated heterocycles. The standard InChI is InChI=1S/C24H27ClN4OS/c1-6-14-29-22(17-10-12-18(13-11-17)24(3,4)5)27-28-23(29)31-15-21(30)26-20-9-7-8-19(25)16(20)2/h6-13H,1,14-15H2,2-5H3,(H,26,30). The number of nitrogens with zero attached hydrogens (tertiary/aromatic N) is 3. The molecule has 2 aromatic carbocycles. The minimum absolute atomic E-state index is 0.0863. The predicted octanol–water partition coefficient (Wildman–Crippen LogP) is 6.12. The van der Waals surface area contributed by atoms with E-state index in [-0.39, 0.29) is 17.1 Å². The molecule has 5 nitrogen and oxygen atoms in total. The highest BCUT2D eigenvalue weighted by atomic mass is 35.5. The van der Waals surface area contributed by atoms with E-state index in [0.29, 0.717) is 22.4 Å². The van der Waals surface area contributed by atoms with Gasteiger partial charge in [0.1, 0.15) is 0 Å². The summed E-state index contributed by atoms with van der Waals surface area (Å²) in [5, 5.41) is 12.9. The first-order valence-electron chi connectivity index (χ1n) is 10.0. The molecule has 3 rings (SSSR count). The first kappa shape index (κ1) is 23.1. The Labute approximate surface area is 192 Å². The molecular formula is C24H27ClN4OS. The summed E-state index contributed by atoms with van der Waals surface area (Å²) in [5.41, 5.74) is 3.88. The lowest BCUT2D eigenvalue weighted by atomic mass is 9.87. The Morgan fingerprint density at radius 2 is 1.90 bits per heavy atom. The number of halogens is 1. The number of thioether (sulfide) groups is 1. The highest BCUT2D eigenvalue weighted by Crippen LogP contribution is 2.28. The number of nitrogens with one attached hydrogen (secondary N) is 1. The fraction of sp³-hybridized carbons (Fsp3) is 0.292. The van der Waals surface area contributed by atoms with Crippen LogP contribution >= 0.6 is 23.4 Å². The third-order valence-corrected chi connectivity index (χ3v) is 6.29. The van der Waals surface area contributed by atoms with Crippen LogP contribution in [0.5, 0.6) is 0 Å². The summed E-state index contributed by atoms with van der Waals surface area (Å²) in [6.45, 7) is 12.8. The van der Waals surface area contributed by atoms with E-state index in [1.807, 2.05) is 23.6 Å². The van der Waals surface area contributed by atoms with Crippen LogP contribution in [0.15, 0.2) is 60.3 Å². The quantitative estimate of drug-likeness (QED) is 0.345. The fourth-order valence-corrected chi connectivity index (χ4v) is 4.00. The lowest BCUT2D eigenvalue weighted by Crippen LogP contribution is -2.15. The highest BCUT2D eigenvalue weighted by Gasteiger charge is 2.17. The normalized spacial score (nSPS) is 11.4. The molecule has 0 unspecified atom stereocenters. The second-order valence-electron chi connectivity index (χ2n) is 8.28. The largest absolute Gasteiger partial charge is 0.325 e. The summed E-state index contributed by atoms with van der Waals surface area (Å²) < 4.78 is 1.97. The minimum atomic E-state index is -0.125. The average Bonchev–Trinajstić information content (AvgIpc) is 3.12. The number of hydrogen-bond donors (Lipinski definition) is 1. The van der Waals surface area contributed by atoms with Gasteiger partial charge in [0.15, 0.2) is 11.0 Å². The SMILES string of the molecule is C=CCn1c(SCC(=O)Nc2cccc(Cl)c2C)nnc1-c1ccc(C(C)(C)C)cc1. The number of amides is 1. The number of allylic oxidation sites excluding steroid dienone is 1. The van der Waals surface area contributed by atoms with E-state index in [9.17, 15) is 4.79 Å². The van der Waals surface area contributed by atoms with Crippen LogP contribution in [0.3, 0.4) is 0 Å². The Balaban J connectivity index is 1.75. The molecule has 7 heteroatoms. The van der Waals surface area contributed by atoms with Crippen LogP contribution in [0, 0.1) is 6.92 Å². The fourth-order valence-electron chi connectivity index (χ4n) is 3.08. The van der Waals surface area contributed by atoms with Gasteiger partial charge in [-0.2, -0.15) is 0 Å². The maximum atomic E-state index is 12.5. The van der Waals surface area contributed by atoms with E-state index in [2.05, 4.69) is 67.1 Å². The topological polar surface area (TPSA) is 59.8 Å². The summed E-state index contributed by atoms with van der Waals surface area (Å²) in [6.07, 6.45) is 1.80. The zero-order valence-corrected chi connectivity index (χ0v) is 19.8. The molecule has 1 N–H and O–H groups in total. The smallest absolute Gasteiger partial charge is 0.234 e. The molecule has 3 aromatic rings. The highest BCUT2D eigenvalue weighted by molar-refractivity contribution is 7.99. The predicted molar refractivity (Wildman–Crippen MR) is 130 cm³/mol. The molecule has 0 atom stereocenters. The van der Waals surface area contributed by atoms with Gasteiger partial charge in [-0.15, -0.1) is 16.8 Å². The number of carbonyl (C=O) groups excluding carboxylic acids is 1. The van der Waals surface area contributed by atoms with E-state index in [1.165, 1.54) is 17.3 Å². The van der Waals surface area contributed by atoms with E-state index < -0.39 is 0 Å². The van der Waals surface area contributed by atoms with Gasteiger partial charge in [0.2, 0.25) is 5.91 Å². The number of hydrogen-bond acceptors (Lipinski definition) is 4. The van der Waals surface area contributed by atoms with Crippen molar-refractivity contribution in [2.75, 3.05) is 11.1 Å². The monoisotopic (exact) mass is 454 g/mol. The van der Waals surface area contributed by atoms with Crippen molar-refractivity contribution in [1.82, 2.24) is 14.8 Å². The van der Waals surface area contributed by atoms with Gasteiger partial charge in [0.05, 0.1) is 5.75 Å². The van der Waals surface area contributed by atoms with Crippen LogP contribution in [-0.2, 0) is 16.8 Å². The maximum Gasteiger partial charge on any atom is 0.234 e. The van der Waals surface area contributed by atoms with Crippen LogP contribution in [0.25, 0.3) is 11.4 Å². The first-order chi connectivity index (χ1) is 14.7. The Kier molecular flexibility index (Phi) is 7.23. The summed E-state index contributed by atoms with van der Waals surface area (Å²) in [4.78, 5) is 12.5. The van der Waals surface area contributed by atoms with Crippen molar-refractivity contribution >= 4 is 35.0 Å². The summed E-state index contributed by atoms with van der Waals surface area (Å²) >= 11 is 7.48. The number of rotatable bonds is 7. The van der Waals surface area contributed by atoms with Crippen LogP contribution in [0.1, 0.15) is 31.9 Å². The van der Waals surface area contributed by atoms with Crippen molar-refractivity contribution in [2.24, 2.45) is 0 Å². The average molecular weight is 455 g/mol. The molecule has 162 valence electrons. The molecule has 0 bridgehead atoms. The number of anilines is 1. The molecule has 0 radical (unpaired) electrons. The molecule has 0 fully saturated rings. The summed E-state index contributed by atoms with van der Waals surface area (Å²) in [7, 11) is 0. The molecule has 0 aliphatic heterocycles. The Morgan fingerprint density at radius 1 is 1.19 bits per heavy atom. The van der Waals surface area contributed by atoms with Gasteiger partial charge in [-0.05, 0) is 35.6 Å². The molecular weight excluding hydrogens is 428 g/mol. The molecule has 1 amide bonds. The second-order valence-corrected chi connectivity index (χ2v) is 9.63. The van der Waals surface area contributed by atoms with Crippen LogP contribution in [0.2, 0.25) is 5.02 Å². The van der Waals surface area contributed by atoms with Crippen LogP contribution in [-0.4, -0.2) is 26.4 Å².